The number of hydrogen-bond donors (Lipinski definition) is 1. The van der Waals surface area contributed by atoms with E-state index in [9.17, 15) is 112 Å². The molecule has 1 saturated heterocycles. The summed E-state index contributed by atoms with van der Waals surface area (Å²) < 4.78 is 272. The summed E-state index contributed by atoms with van der Waals surface area (Å²) in [5.74, 6) is -13.5. The molecule has 0 saturated carbocycles. The minimum atomic E-state index is -5.02. The van der Waals surface area contributed by atoms with Gasteiger partial charge in [0.25, 0.3) is 17.8 Å². The lowest BCUT2D eigenvalue weighted by molar-refractivity contribution is -0.146. The Kier molecular flexibility index (Phi) is 23.8. The number of esters is 3. The Labute approximate surface area is 590 Å². The maximum Gasteiger partial charge on any atom is 0.435 e. The van der Waals surface area contributed by atoms with E-state index in [4.69, 9.17) is 10.5 Å². The summed E-state index contributed by atoms with van der Waals surface area (Å²) in [4.78, 5) is 75.3. The van der Waals surface area contributed by atoms with Crippen LogP contribution in [0.1, 0.15) is 153 Å². The van der Waals surface area contributed by atoms with Crippen molar-refractivity contribution in [2.75, 3.05) is 31.3 Å². The van der Waals surface area contributed by atoms with Crippen LogP contribution in [0.5, 0.6) is 0 Å². The molecular formula is C65H59F19N10O9S2. The number of pyridine rings is 1. The van der Waals surface area contributed by atoms with Gasteiger partial charge in [-0.15, -0.1) is 23.5 Å². The number of alkyl halides is 16. The number of thioether (sulfide) groups is 2. The average molecular weight is 1550 g/mol. The number of nitrogens with two attached hydrogens (primary N) is 1. The van der Waals surface area contributed by atoms with Gasteiger partial charge in [0.15, 0.2) is 34.3 Å². The van der Waals surface area contributed by atoms with Gasteiger partial charge in [-0.1, -0.05) is 12.1 Å². The Balaban J connectivity index is 0.000000176. The van der Waals surface area contributed by atoms with Crippen LogP contribution >= 0.6 is 23.5 Å². The fraction of sp³-hybridized carbons (Fsp3) is 0.462. The standard InChI is InChI=1S/C30H22F8N4O2.C13H15F3N2O2S2.C11H11F5N2O2.C11H11F3N2O3/c31-18-9-15(10-19(32)13-18)8-17(25-21(2-1-7-40-25)16-3-4-24(33)23(12-16)28(39)44)11-20(43)14-42-27-22(5-6-29(27,34)35)26(41-42)30(36,37)38;1-2-20-9(19)7-18-11-8(10(17-18)13(14,15)16)3-4-12(11)21-5-6-22-12;1-2-20-7(19)5-18-9-6(3-4-10(9,12)13)8(17-18)11(14,15)16;1-2-19-8(18)5-16-9-6(3-4-7(9)17)10(15-16)11(12,13)14/h1-4,7,9-10,12-13,17H,5-6,8,11,14H2,(H2,39,44);2-7H2,1H3;2-5H2,1H3;2-5H2,1H3/t17-;;;/m1.../s1. The second kappa shape index (κ2) is 31.2. The number of hydrogen-bond acceptors (Lipinski definition) is 16. The highest BCUT2D eigenvalue weighted by atomic mass is 32.2. The van der Waals surface area contributed by atoms with Crippen LogP contribution in [0.3, 0.4) is 0 Å². The molecule has 2 aromatic carbocycles. The van der Waals surface area contributed by atoms with Crippen LogP contribution in [0.25, 0.3) is 11.1 Å². The van der Waals surface area contributed by atoms with Crippen molar-refractivity contribution in [1.29, 1.82) is 0 Å². The minimum absolute atomic E-state index is 0.00478. The summed E-state index contributed by atoms with van der Waals surface area (Å²) in [5.41, 5.74) is -1.62. The predicted molar refractivity (Wildman–Crippen MR) is 331 cm³/mol. The third kappa shape index (κ3) is 17.9. The van der Waals surface area contributed by atoms with Gasteiger partial charge in [0, 0.05) is 83.2 Å². The molecule has 19 nitrogen and oxygen atoms in total. The van der Waals surface area contributed by atoms with Gasteiger partial charge in [-0.3, -0.25) is 47.8 Å². The number of ketones is 2. The van der Waals surface area contributed by atoms with Crippen LogP contribution in [0, 0.1) is 17.5 Å². The Morgan fingerprint density at radius 2 is 0.990 bits per heavy atom. The molecule has 0 bridgehead atoms. The van der Waals surface area contributed by atoms with Crippen LogP contribution in [0.15, 0.2) is 54.7 Å². The smallest absolute Gasteiger partial charge is 0.435 e. The minimum Gasteiger partial charge on any atom is -0.465 e. The largest absolute Gasteiger partial charge is 0.465 e. The van der Waals surface area contributed by atoms with Gasteiger partial charge in [0.05, 0.1) is 36.8 Å². The maximum atomic E-state index is 14.6. The Morgan fingerprint density at radius 1 is 0.552 bits per heavy atom. The third-order valence-electron chi connectivity index (χ3n) is 16.8. The van der Waals surface area contributed by atoms with E-state index < -0.39 is 202 Å². The molecule has 0 radical (unpaired) electrons. The highest BCUT2D eigenvalue weighted by Gasteiger charge is 2.54. The molecule has 1 spiro atoms. The van der Waals surface area contributed by atoms with Crippen molar-refractivity contribution in [3.05, 3.63) is 157 Å². The van der Waals surface area contributed by atoms with E-state index >= 15 is 0 Å². The molecule has 2 N–H and O–H groups in total. The first kappa shape index (κ1) is 80.1. The predicted octanol–water partition coefficient (Wildman–Crippen LogP) is 13.6. The summed E-state index contributed by atoms with van der Waals surface area (Å²) >= 11 is 3.31. The Bertz CT molecular complexity index is 4440. The summed E-state index contributed by atoms with van der Waals surface area (Å²) in [5, 5.41) is 13.5. The van der Waals surface area contributed by atoms with Crippen molar-refractivity contribution in [3.8, 4) is 11.1 Å². The first-order chi connectivity index (χ1) is 49.0. The lowest BCUT2D eigenvalue weighted by Gasteiger charge is -2.23. The second-order valence-electron chi connectivity index (χ2n) is 23.9. The zero-order chi connectivity index (χ0) is 77.3. The number of amides is 1. The first-order valence-corrected chi connectivity index (χ1v) is 33.7. The molecule has 4 aliphatic carbocycles. The summed E-state index contributed by atoms with van der Waals surface area (Å²) in [6.07, 6.45) is -19.9. The number of ether oxygens (including phenoxy) is 3. The lowest BCUT2D eigenvalue weighted by atomic mass is 9.86. The highest BCUT2D eigenvalue weighted by molar-refractivity contribution is 8.20. The highest BCUT2D eigenvalue weighted by Crippen LogP contribution is 2.60. The molecule has 5 aromatic heterocycles. The van der Waals surface area contributed by atoms with E-state index in [1.54, 1.807) is 37.4 Å². The third-order valence-corrected chi connectivity index (χ3v) is 20.3. The fourth-order valence-electron chi connectivity index (χ4n) is 12.8. The summed E-state index contributed by atoms with van der Waals surface area (Å²) in [6, 6.07) is 9.16. The van der Waals surface area contributed by atoms with Crippen molar-refractivity contribution >= 4 is 58.9 Å². The van der Waals surface area contributed by atoms with E-state index in [-0.39, 0.29) is 84.8 Å². The van der Waals surface area contributed by atoms with Crippen molar-refractivity contribution in [1.82, 2.24) is 44.1 Å². The SMILES string of the molecule is CCOC(=O)Cn1nc(C(F)(F)F)c2c1C(=O)CC2.CCOC(=O)Cn1nc(C(F)(F)F)c2c1C(F)(F)CC2.CCOC(=O)Cn1nc(C(F)(F)F)c2c1C1(CC2)SCCS1.NC(=O)c1cc(-c2cccnc2[C@@H](CC(=O)Cn2nc(C(F)(F)F)c3c2C(F)(F)CC3)Cc2cc(F)cc(F)c2)ccc1F. The Morgan fingerprint density at radius 3 is 1.47 bits per heavy atom. The number of carbonyl (C=O) groups is 6. The number of aromatic nitrogens is 9. The first-order valence-electron chi connectivity index (χ1n) is 31.8. The van der Waals surface area contributed by atoms with E-state index in [1.165, 1.54) is 36.0 Å². The zero-order valence-electron chi connectivity index (χ0n) is 55.0. The quantitative estimate of drug-likeness (QED) is 0.0477. The molecule has 7 aromatic rings. The van der Waals surface area contributed by atoms with Gasteiger partial charge in [0.1, 0.15) is 64.8 Å². The topological polar surface area (TPSA) is 240 Å². The van der Waals surface area contributed by atoms with Crippen molar-refractivity contribution in [2.24, 2.45) is 5.73 Å². The monoisotopic (exact) mass is 1550 g/mol. The molecule has 6 heterocycles. The number of carbonyl (C=O) groups excluding carboxylic acids is 6. The zero-order valence-corrected chi connectivity index (χ0v) is 56.6. The fourth-order valence-corrected chi connectivity index (χ4v) is 16.2. The molecule has 1 fully saturated rings. The van der Waals surface area contributed by atoms with Crippen LogP contribution in [0.2, 0.25) is 0 Å². The molecule has 1 amide bonds. The van der Waals surface area contributed by atoms with Gasteiger partial charge in [0.2, 0.25) is 0 Å². The van der Waals surface area contributed by atoms with Crippen molar-refractivity contribution < 1.29 is 126 Å². The average Bonchev–Trinajstić information content (AvgIpc) is 1.19. The summed E-state index contributed by atoms with van der Waals surface area (Å²) in [6.45, 7) is 2.60. The molecule has 5 aliphatic rings. The van der Waals surface area contributed by atoms with Crippen LogP contribution in [-0.4, -0.2) is 111 Å². The van der Waals surface area contributed by atoms with Crippen LogP contribution < -0.4 is 5.73 Å². The number of halogens is 19. The molecule has 12 rings (SSSR count). The molecule has 40 heteroatoms. The number of rotatable bonds is 18. The van der Waals surface area contributed by atoms with Gasteiger partial charge < -0.3 is 19.9 Å². The molecule has 1 aliphatic heterocycles. The van der Waals surface area contributed by atoms with Crippen molar-refractivity contribution in [3.63, 3.8) is 0 Å². The molecular weight excluding hydrogens is 1490 g/mol. The summed E-state index contributed by atoms with van der Waals surface area (Å²) in [7, 11) is 0. The number of primary amides is 1. The van der Waals surface area contributed by atoms with Crippen molar-refractivity contribution in [2.45, 2.75) is 158 Å². The van der Waals surface area contributed by atoms with Gasteiger partial charge >= 0.3 is 42.6 Å². The molecule has 0 unspecified atom stereocenters. The molecule has 105 heavy (non-hydrogen) atoms. The Hall–Kier alpha value is -8.98. The van der Waals surface area contributed by atoms with E-state index in [0.717, 1.165) is 40.5 Å². The van der Waals surface area contributed by atoms with Gasteiger partial charge in [-0.2, -0.15) is 90.6 Å². The van der Waals surface area contributed by atoms with Gasteiger partial charge in [-0.05, 0) is 101 Å². The van der Waals surface area contributed by atoms with Gasteiger partial charge in [-0.25, -0.2) is 17.9 Å². The normalized spacial score (nSPS) is 16.2. The second-order valence-corrected chi connectivity index (χ2v) is 27.0. The van der Waals surface area contributed by atoms with E-state index in [1.807, 2.05) is 0 Å². The number of benzene rings is 2. The van der Waals surface area contributed by atoms with E-state index in [2.05, 4.69) is 34.9 Å². The van der Waals surface area contributed by atoms with Crippen LogP contribution in [0.4, 0.5) is 83.4 Å². The number of Topliss-reactive ketones (excluding diaryl/α,β-unsaturated/α-hetero) is 2. The molecule has 1 atom stereocenters. The lowest BCUT2D eigenvalue weighted by Crippen LogP contribution is -2.22. The number of nitrogens with zero attached hydrogens (tertiary/aromatic N) is 9. The van der Waals surface area contributed by atoms with E-state index in [0.29, 0.717) is 34.0 Å². The van der Waals surface area contributed by atoms with Crippen LogP contribution in [-0.2, 0) is 132 Å². The molecule has 568 valence electrons. The number of fused-ring (bicyclic) bond motifs is 5. The maximum absolute atomic E-state index is 14.6.